The van der Waals surface area contributed by atoms with Gasteiger partial charge in [-0.3, -0.25) is 14.3 Å². The number of rotatable bonds is 7. The summed E-state index contributed by atoms with van der Waals surface area (Å²) in [5.41, 5.74) is 0.158. The number of aromatic amines is 1. The molecule has 0 fully saturated rings. The molecule has 0 bridgehead atoms. The van der Waals surface area contributed by atoms with Crippen molar-refractivity contribution in [3.8, 4) is 0 Å². The normalized spacial score (nSPS) is 11.5. The molecule has 0 spiro atoms. The predicted molar refractivity (Wildman–Crippen MR) is 98.1 cm³/mol. The molecule has 0 aliphatic rings. The van der Waals surface area contributed by atoms with Crippen molar-refractivity contribution in [3.05, 3.63) is 36.9 Å². The van der Waals surface area contributed by atoms with Crippen LogP contribution < -0.4 is 16.6 Å². The molecular weight excluding hydrogens is 328 g/mol. The van der Waals surface area contributed by atoms with Crippen LogP contribution in [0.3, 0.4) is 0 Å². The molecule has 8 nitrogen and oxygen atoms in total. The van der Waals surface area contributed by atoms with Crippen LogP contribution in [-0.2, 0) is 7.05 Å². The number of thiazole rings is 1. The fourth-order valence-electron chi connectivity index (χ4n) is 2.02. The summed E-state index contributed by atoms with van der Waals surface area (Å²) in [6.45, 7) is 3.42. The molecule has 0 atom stereocenters. The Balaban J connectivity index is 2.26. The zero-order valence-corrected chi connectivity index (χ0v) is 15.1. The van der Waals surface area contributed by atoms with Gasteiger partial charge >= 0.3 is 5.69 Å². The van der Waals surface area contributed by atoms with Gasteiger partial charge in [-0.25, -0.2) is 14.8 Å². The Labute approximate surface area is 143 Å². The van der Waals surface area contributed by atoms with E-state index < -0.39 is 11.2 Å². The lowest BCUT2D eigenvalue weighted by atomic mass is 10.4. The second-order valence-electron chi connectivity index (χ2n) is 5.69. The van der Waals surface area contributed by atoms with Gasteiger partial charge in [-0.2, -0.15) is 0 Å². The standard InChI is InChI=1S/C15H22N6O2S/c1-10-9-24-11(18-10)8-17-12-13(16-6-5-7-20(2)3)19-15(23)21(4)14(12)22/h8-9,16H,5-7H2,1-4H3,(H,19,23). The molecule has 0 aromatic carbocycles. The highest BCUT2D eigenvalue weighted by atomic mass is 32.1. The molecule has 2 N–H and O–H groups in total. The van der Waals surface area contributed by atoms with Crippen LogP contribution in [0.15, 0.2) is 20.0 Å². The van der Waals surface area contributed by atoms with Crippen molar-refractivity contribution < 1.29 is 0 Å². The Morgan fingerprint density at radius 1 is 1.46 bits per heavy atom. The second-order valence-corrected chi connectivity index (χ2v) is 6.58. The number of aryl methyl sites for hydroxylation is 1. The van der Waals surface area contributed by atoms with E-state index in [1.54, 1.807) is 0 Å². The number of aliphatic imine (C=N–C) groups is 1. The maximum absolute atomic E-state index is 12.3. The predicted octanol–water partition coefficient (Wildman–Crippen LogP) is 0.953. The maximum Gasteiger partial charge on any atom is 0.329 e. The van der Waals surface area contributed by atoms with Crippen LogP contribution in [0, 0.1) is 6.92 Å². The van der Waals surface area contributed by atoms with Crippen LogP contribution in [-0.4, -0.2) is 52.8 Å². The molecular formula is C15H22N6O2S. The number of hydrogen-bond acceptors (Lipinski definition) is 7. The monoisotopic (exact) mass is 350 g/mol. The number of nitrogens with one attached hydrogen (secondary N) is 2. The first-order chi connectivity index (χ1) is 11.4. The Hall–Kier alpha value is -2.26. The van der Waals surface area contributed by atoms with E-state index in [2.05, 4.69) is 25.2 Å². The third-order valence-electron chi connectivity index (χ3n) is 3.31. The van der Waals surface area contributed by atoms with Gasteiger partial charge < -0.3 is 10.2 Å². The lowest BCUT2D eigenvalue weighted by Gasteiger charge is -2.12. The molecule has 24 heavy (non-hydrogen) atoms. The van der Waals surface area contributed by atoms with E-state index in [0.29, 0.717) is 17.4 Å². The van der Waals surface area contributed by atoms with E-state index in [-0.39, 0.29) is 5.69 Å². The van der Waals surface area contributed by atoms with Gasteiger partial charge in [-0.05, 0) is 34.0 Å². The van der Waals surface area contributed by atoms with Gasteiger partial charge in [-0.15, -0.1) is 11.3 Å². The molecule has 2 aromatic rings. The van der Waals surface area contributed by atoms with Gasteiger partial charge in [0.2, 0.25) is 0 Å². The number of hydrogen-bond donors (Lipinski definition) is 2. The second kappa shape index (κ2) is 8.02. The largest absolute Gasteiger partial charge is 0.370 e. The van der Waals surface area contributed by atoms with E-state index in [9.17, 15) is 9.59 Å². The van der Waals surface area contributed by atoms with E-state index >= 15 is 0 Å². The van der Waals surface area contributed by atoms with E-state index in [4.69, 9.17) is 0 Å². The average molecular weight is 350 g/mol. The Kier molecular flexibility index (Phi) is 6.04. The van der Waals surface area contributed by atoms with Crippen LogP contribution in [0.1, 0.15) is 17.1 Å². The van der Waals surface area contributed by atoms with Crippen LogP contribution in [0.25, 0.3) is 0 Å². The third-order valence-corrected chi connectivity index (χ3v) is 4.20. The van der Waals surface area contributed by atoms with Crippen molar-refractivity contribution >= 4 is 29.1 Å². The summed E-state index contributed by atoms with van der Waals surface area (Å²) in [7, 11) is 5.40. The summed E-state index contributed by atoms with van der Waals surface area (Å²) >= 11 is 1.45. The molecule has 0 saturated carbocycles. The first-order valence-electron chi connectivity index (χ1n) is 7.56. The van der Waals surface area contributed by atoms with Gasteiger partial charge in [0.25, 0.3) is 5.56 Å². The van der Waals surface area contributed by atoms with Crippen molar-refractivity contribution in [3.63, 3.8) is 0 Å². The molecule has 0 radical (unpaired) electrons. The first kappa shape index (κ1) is 18.1. The highest BCUT2D eigenvalue weighted by Crippen LogP contribution is 2.16. The fourth-order valence-corrected chi connectivity index (χ4v) is 2.67. The number of anilines is 1. The van der Waals surface area contributed by atoms with Crippen LogP contribution >= 0.6 is 11.3 Å². The van der Waals surface area contributed by atoms with Crippen molar-refractivity contribution in [1.29, 1.82) is 0 Å². The molecule has 0 aliphatic heterocycles. The van der Waals surface area contributed by atoms with E-state index in [1.807, 2.05) is 26.4 Å². The minimum atomic E-state index is -0.473. The van der Waals surface area contributed by atoms with Crippen molar-refractivity contribution in [1.82, 2.24) is 19.4 Å². The summed E-state index contributed by atoms with van der Waals surface area (Å²) < 4.78 is 1.00. The number of H-pyrrole nitrogens is 1. The SMILES string of the molecule is Cc1csc(C=Nc2c(NCCCN(C)C)[nH]c(=O)n(C)c2=O)n1. The van der Waals surface area contributed by atoms with Crippen molar-refractivity contribution in [2.24, 2.45) is 12.0 Å². The van der Waals surface area contributed by atoms with Crippen molar-refractivity contribution in [2.75, 3.05) is 32.5 Å². The zero-order valence-electron chi connectivity index (χ0n) is 14.3. The molecule has 2 rings (SSSR count). The number of aromatic nitrogens is 3. The summed E-state index contributed by atoms with van der Waals surface area (Å²) in [5.74, 6) is 0.339. The Morgan fingerprint density at radius 3 is 2.83 bits per heavy atom. The van der Waals surface area contributed by atoms with E-state index in [0.717, 1.165) is 23.2 Å². The van der Waals surface area contributed by atoms with Gasteiger partial charge in [0, 0.05) is 24.7 Å². The maximum atomic E-state index is 12.3. The Morgan fingerprint density at radius 2 is 2.21 bits per heavy atom. The van der Waals surface area contributed by atoms with Gasteiger partial charge in [0.1, 0.15) is 10.8 Å². The molecule has 0 aliphatic carbocycles. The number of nitrogens with zero attached hydrogens (tertiary/aromatic N) is 4. The molecule has 0 saturated heterocycles. The van der Waals surface area contributed by atoms with Crippen LogP contribution in [0.4, 0.5) is 11.5 Å². The summed E-state index contributed by atoms with van der Waals surface area (Å²) in [6.07, 6.45) is 2.41. The smallest absolute Gasteiger partial charge is 0.329 e. The van der Waals surface area contributed by atoms with E-state index in [1.165, 1.54) is 24.6 Å². The average Bonchev–Trinajstić information content (AvgIpc) is 2.94. The van der Waals surface area contributed by atoms with Gasteiger partial charge in [0.15, 0.2) is 5.69 Å². The highest BCUT2D eigenvalue weighted by molar-refractivity contribution is 7.11. The quantitative estimate of drug-likeness (QED) is 0.573. The zero-order chi connectivity index (χ0) is 17.7. The topological polar surface area (TPSA) is 95.4 Å². The summed E-state index contributed by atoms with van der Waals surface area (Å²) in [5, 5.41) is 5.71. The lowest BCUT2D eigenvalue weighted by molar-refractivity contribution is 0.405. The minimum absolute atomic E-state index is 0.176. The lowest BCUT2D eigenvalue weighted by Crippen LogP contribution is -2.33. The summed E-state index contributed by atoms with van der Waals surface area (Å²) in [6, 6.07) is 0. The molecule has 0 unspecified atom stereocenters. The van der Waals surface area contributed by atoms with Crippen molar-refractivity contribution in [2.45, 2.75) is 13.3 Å². The van der Waals surface area contributed by atoms with Gasteiger partial charge in [0.05, 0.1) is 6.21 Å². The molecule has 2 heterocycles. The molecule has 0 amide bonds. The molecule has 9 heteroatoms. The molecule has 130 valence electrons. The van der Waals surface area contributed by atoms with Crippen LogP contribution in [0.5, 0.6) is 0 Å². The molecule has 2 aromatic heterocycles. The summed E-state index contributed by atoms with van der Waals surface area (Å²) in [4.78, 5) is 37.4. The highest BCUT2D eigenvalue weighted by Gasteiger charge is 2.11. The minimum Gasteiger partial charge on any atom is -0.370 e. The third kappa shape index (κ3) is 4.62. The Bertz CT molecular complexity index is 833. The first-order valence-corrected chi connectivity index (χ1v) is 8.44. The fraction of sp³-hybridized carbons (Fsp3) is 0.467. The van der Waals surface area contributed by atoms with Gasteiger partial charge in [-0.1, -0.05) is 0 Å². The van der Waals surface area contributed by atoms with Crippen LogP contribution in [0.2, 0.25) is 0 Å².